The Morgan fingerprint density at radius 2 is 1.89 bits per heavy atom. The predicted molar refractivity (Wildman–Crippen MR) is 130 cm³/mol. The van der Waals surface area contributed by atoms with E-state index in [2.05, 4.69) is 21.2 Å². The molecule has 0 fully saturated rings. The second-order valence-corrected chi connectivity index (χ2v) is 8.33. The highest BCUT2D eigenvalue weighted by Gasteiger charge is 2.24. The Kier molecular flexibility index (Phi) is 10.4. The molecule has 2 aromatic carbocycles. The molecule has 204 valence electrons. The van der Waals surface area contributed by atoms with Crippen LogP contribution >= 0.6 is 11.6 Å². The molecule has 1 aromatic heterocycles. The number of amides is 2. The smallest absolute Gasteiger partial charge is 0.414 e. The average Bonchev–Trinajstić information content (AvgIpc) is 3.32. The number of aromatic nitrogens is 1. The number of ether oxygens (including phenoxy) is 1. The Hall–Kier alpha value is -3.68. The van der Waals surface area contributed by atoms with Crippen LogP contribution in [0.2, 0.25) is 5.02 Å². The van der Waals surface area contributed by atoms with E-state index >= 15 is 0 Å². The van der Waals surface area contributed by atoms with Gasteiger partial charge in [0.2, 0.25) is 11.8 Å². The van der Waals surface area contributed by atoms with Crippen molar-refractivity contribution < 1.29 is 36.4 Å². The first-order valence-corrected chi connectivity index (χ1v) is 11.6. The Labute approximate surface area is 220 Å². The molecule has 0 aliphatic carbocycles. The van der Waals surface area contributed by atoms with Crippen LogP contribution in [0.5, 0.6) is 0 Å². The first-order chi connectivity index (χ1) is 18.1. The van der Waals surface area contributed by atoms with E-state index in [1.807, 2.05) is 0 Å². The molecule has 3 aromatic rings. The lowest BCUT2D eigenvalue weighted by Crippen LogP contribution is -2.54. The summed E-state index contributed by atoms with van der Waals surface area (Å²) in [7, 11) is 0. The van der Waals surface area contributed by atoms with Crippen LogP contribution < -0.4 is 16.1 Å². The zero-order valence-electron chi connectivity index (χ0n) is 20.0. The molecular formula is C24H24ClF4N5O4. The summed E-state index contributed by atoms with van der Waals surface area (Å²) in [6, 6.07) is 10.1. The third-order valence-electron chi connectivity index (χ3n) is 5.12. The summed E-state index contributed by atoms with van der Waals surface area (Å²) in [5.41, 5.74) is 3.80. The zero-order chi connectivity index (χ0) is 27.7. The first kappa shape index (κ1) is 28.9. The molecule has 0 bridgehead atoms. The second kappa shape index (κ2) is 13.7. The minimum Gasteiger partial charge on any atom is -0.447 e. The number of carbonyl (C=O) groups is 2. The number of hydrogen-bond acceptors (Lipinski definition) is 7. The fraction of sp³-hybridized carbons (Fsp3) is 0.292. The van der Waals surface area contributed by atoms with Crippen LogP contribution in [0.15, 0.2) is 53.1 Å². The predicted octanol–water partition coefficient (Wildman–Crippen LogP) is 4.60. The molecule has 3 N–H and O–H groups in total. The number of rotatable bonds is 12. The molecule has 1 heterocycles. The van der Waals surface area contributed by atoms with Crippen LogP contribution in [0.1, 0.15) is 12.5 Å². The Morgan fingerprint density at radius 3 is 2.61 bits per heavy atom. The number of carbonyl (C=O) groups excluding carboxylic acids is 2. The number of hydrogen-bond donors (Lipinski definition) is 3. The number of hydrazine groups is 1. The molecule has 0 aliphatic rings. The maximum atomic E-state index is 13.8. The molecule has 0 aliphatic heterocycles. The Morgan fingerprint density at radius 1 is 1.13 bits per heavy atom. The van der Waals surface area contributed by atoms with Gasteiger partial charge in [0.1, 0.15) is 23.9 Å². The van der Waals surface area contributed by atoms with Crippen molar-refractivity contribution in [2.24, 2.45) is 0 Å². The molecule has 0 saturated carbocycles. The van der Waals surface area contributed by atoms with Gasteiger partial charge in [0.15, 0.2) is 0 Å². The van der Waals surface area contributed by atoms with E-state index in [9.17, 15) is 27.2 Å². The van der Waals surface area contributed by atoms with Gasteiger partial charge in [-0.05, 0) is 23.8 Å². The Bertz CT molecular complexity index is 1250. The van der Waals surface area contributed by atoms with Crippen LogP contribution in [0.4, 0.5) is 28.2 Å². The van der Waals surface area contributed by atoms with Crippen LogP contribution in [-0.2, 0) is 16.1 Å². The van der Waals surface area contributed by atoms with Gasteiger partial charge in [-0.1, -0.05) is 41.0 Å². The van der Waals surface area contributed by atoms with Crippen molar-refractivity contribution in [2.45, 2.75) is 25.9 Å². The lowest BCUT2D eigenvalue weighted by molar-refractivity contribution is -0.136. The fourth-order valence-electron chi connectivity index (χ4n) is 3.36. The van der Waals surface area contributed by atoms with E-state index in [1.165, 1.54) is 43.3 Å². The third-order valence-corrected chi connectivity index (χ3v) is 5.54. The quantitative estimate of drug-likeness (QED) is 0.221. The summed E-state index contributed by atoms with van der Waals surface area (Å²) in [5.74, 6) is -1.75. The van der Waals surface area contributed by atoms with Gasteiger partial charge >= 0.3 is 6.09 Å². The molecule has 0 saturated heterocycles. The summed E-state index contributed by atoms with van der Waals surface area (Å²) in [6.45, 7) is -0.119. The van der Waals surface area contributed by atoms with Crippen molar-refractivity contribution in [3.8, 4) is 11.3 Å². The summed E-state index contributed by atoms with van der Waals surface area (Å²) in [6.07, 6.45) is -3.63. The average molecular weight is 558 g/mol. The lowest BCUT2D eigenvalue weighted by atomic mass is 10.1. The van der Waals surface area contributed by atoms with Gasteiger partial charge in [0, 0.05) is 31.6 Å². The van der Waals surface area contributed by atoms with Gasteiger partial charge in [-0.15, -0.1) is 0 Å². The maximum Gasteiger partial charge on any atom is 0.414 e. The molecule has 1 atom stereocenters. The summed E-state index contributed by atoms with van der Waals surface area (Å²) in [5, 5.41) is 9.49. The van der Waals surface area contributed by atoms with E-state index in [0.717, 1.165) is 5.01 Å². The van der Waals surface area contributed by atoms with Crippen molar-refractivity contribution in [2.75, 3.05) is 25.0 Å². The highest BCUT2D eigenvalue weighted by atomic mass is 35.5. The standard InChI is InChI=1S/C24H24ClF4N5O4/c1-14(35)34(31-10-16-5-3-7-19(27)23(16)25)18(11-30-12-21(28)29)13-37-24(36)32-22-9-20(33-38-22)15-4-2-6-17(26)8-15/h2-9,18,21,30-31H,10-13H2,1H3,(H,32,36)/t18-/m0/s1. The van der Waals surface area contributed by atoms with E-state index in [0.29, 0.717) is 11.1 Å². The molecule has 2 amide bonds. The number of nitrogens with one attached hydrogen (secondary N) is 3. The van der Waals surface area contributed by atoms with Gasteiger partial charge in [0.25, 0.3) is 6.43 Å². The van der Waals surface area contributed by atoms with Gasteiger partial charge in [-0.2, -0.15) is 0 Å². The van der Waals surface area contributed by atoms with E-state index in [1.54, 1.807) is 12.1 Å². The Balaban J connectivity index is 1.64. The summed E-state index contributed by atoms with van der Waals surface area (Å²) in [4.78, 5) is 24.7. The number of benzene rings is 2. The topological polar surface area (TPSA) is 109 Å². The monoisotopic (exact) mass is 557 g/mol. The highest BCUT2D eigenvalue weighted by Crippen LogP contribution is 2.22. The van der Waals surface area contributed by atoms with Crippen molar-refractivity contribution in [3.05, 3.63) is 70.8 Å². The third kappa shape index (κ3) is 8.43. The maximum absolute atomic E-state index is 13.8. The SMILES string of the molecule is CC(=O)N(NCc1cccc(F)c1Cl)[C@@H](CNCC(F)F)COC(=O)Nc1cc(-c2cccc(F)c2)no1. The van der Waals surface area contributed by atoms with Gasteiger partial charge in [-0.3, -0.25) is 15.1 Å². The van der Waals surface area contributed by atoms with Crippen LogP contribution in [-0.4, -0.2) is 54.3 Å². The zero-order valence-corrected chi connectivity index (χ0v) is 20.8. The van der Waals surface area contributed by atoms with Crippen molar-refractivity contribution in [1.82, 2.24) is 20.9 Å². The normalized spacial score (nSPS) is 11.9. The van der Waals surface area contributed by atoms with E-state index < -0.39 is 49.3 Å². The number of anilines is 1. The van der Waals surface area contributed by atoms with Crippen molar-refractivity contribution in [3.63, 3.8) is 0 Å². The lowest BCUT2D eigenvalue weighted by Gasteiger charge is -2.31. The number of nitrogens with zero attached hydrogens (tertiary/aromatic N) is 2. The van der Waals surface area contributed by atoms with Crippen molar-refractivity contribution >= 4 is 29.5 Å². The summed E-state index contributed by atoms with van der Waals surface area (Å²) < 4.78 is 62.7. The molecule has 14 heteroatoms. The minimum absolute atomic E-state index is 0.0748. The summed E-state index contributed by atoms with van der Waals surface area (Å²) >= 11 is 5.96. The van der Waals surface area contributed by atoms with Crippen LogP contribution in [0.3, 0.4) is 0 Å². The van der Waals surface area contributed by atoms with Crippen LogP contribution in [0, 0.1) is 11.6 Å². The number of halogens is 5. The molecule has 38 heavy (non-hydrogen) atoms. The number of alkyl halides is 2. The molecule has 9 nitrogen and oxygen atoms in total. The van der Waals surface area contributed by atoms with Gasteiger partial charge < -0.3 is 14.6 Å². The molecular weight excluding hydrogens is 534 g/mol. The van der Waals surface area contributed by atoms with Gasteiger partial charge in [0.05, 0.1) is 17.6 Å². The van der Waals surface area contributed by atoms with Crippen molar-refractivity contribution in [1.29, 1.82) is 0 Å². The van der Waals surface area contributed by atoms with E-state index in [4.69, 9.17) is 20.9 Å². The first-order valence-electron chi connectivity index (χ1n) is 11.3. The van der Waals surface area contributed by atoms with E-state index in [-0.39, 0.29) is 29.7 Å². The molecule has 0 spiro atoms. The minimum atomic E-state index is -2.65. The molecule has 0 radical (unpaired) electrons. The van der Waals surface area contributed by atoms with Gasteiger partial charge in [-0.25, -0.2) is 27.8 Å². The molecule has 0 unspecified atom stereocenters. The van der Waals surface area contributed by atoms with Crippen LogP contribution in [0.25, 0.3) is 11.3 Å². The largest absolute Gasteiger partial charge is 0.447 e. The second-order valence-electron chi connectivity index (χ2n) is 7.95. The fourth-order valence-corrected chi connectivity index (χ4v) is 3.56. The molecule has 3 rings (SSSR count). The highest BCUT2D eigenvalue weighted by molar-refractivity contribution is 6.31.